The van der Waals surface area contributed by atoms with Crippen molar-refractivity contribution in [2.45, 2.75) is 0 Å². The third kappa shape index (κ3) is 3.78. The summed E-state index contributed by atoms with van der Waals surface area (Å²) < 4.78 is 33.1. The molecule has 0 saturated carbocycles. The monoisotopic (exact) mass is 421 g/mol. The average Bonchev–Trinajstić information content (AvgIpc) is 2.75. The van der Waals surface area contributed by atoms with E-state index in [-0.39, 0.29) is 12.4 Å². The first kappa shape index (κ1) is 22.2. The van der Waals surface area contributed by atoms with Gasteiger partial charge in [0.1, 0.15) is 0 Å². The Morgan fingerprint density at radius 3 is 1.62 bits per heavy atom. The summed E-state index contributed by atoms with van der Waals surface area (Å²) in [5.41, 5.74) is 1.47. The van der Waals surface area contributed by atoms with Crippen molar-refractivity contribution >= 4 is 23.2 Å². The Morgan fingerprint density at radius 1 is 0.621 bits per heavy atom. The molecule has 0 fully saturated rings. The zero-order valence-corrected chi connectivity index (χ0v) is 18.0. The van der Waals surface area contributed by atoms with Crippen LogP contribution in [0.15, 0.2) is 30.5 Å². The van der Waals surface area contributed by atoms with Crippen LogP contribution in [0.4, 0.5) is 0 Å². The zero-order valence-electron chi connectivity index (χ0n) is 17.2. The third-order valence-electron chi connectivity index (χ3n) is 4.49. The van der Waals surface area contributed by atoms with Crippen LogP contribution in [0.5, 0.6) is 34.5 Å². The summed E-state index contributed by atoms with van der Waals surface area (Å²) in [6.45, 7) is 0. The number of benzene rings is 2. The van der Waals surface area contributed by atoms with E-state index in [2.05, 4.69) is 4.98 Å². The summed E-state index contributed by atoms with van der Waals surface area (Å²) in [6.07, 6.45) is 1.73. The van der Waals surface area contributed by atoms with Crippen molar-refractivity contribution in [1.82, 2.24) is 4.98 Å². The van der Waals surface area contributed by atoms with E-state index in [9.17, 15) is 0 Å². The highest BCUT2D eigenvalue weighted by Gasteiger charge is 2.22. The first-order valence-electron chi connectivity index (χ1n) is 8.51. The van der Waals surface area contributed by atoms with Crippen LogP contribution in [0.3, 0.4) is 0 Å². The Balaban J connectivity index is 0.00000300. The highest BCUT2D eigenvalue weighted by atomic mass is 35.5. The Hall–Kier alpha value is -3.06. The lowest BCUT2D eigenvalue weighted by Crippen LogP contribution is -1.99. The maximum absolute atomic E-state index is 5.68. The number of pyridine rings is 1. The normalized spacial score (nSPS) is 10.1. The van der Waals surface area contributed by atoms with Crippen molar-refractivity contribution in [2.75, 3.05) is 42.7 Å². The van der Waals surface area contributed by atoms with E-state index in [0.29, 0.717) is 40.2 Å². The molecule has 0 aliphatic carbocycles. The Kier molecular flexibility index (Phi) is 7.23. The molecular formula is C21H24ClNO6. The van der Waals surface area contributed by atoms with E-state index in [0.717, 1.165) is 16.3 Å². The molecule has 7 nitrogen and oxygen atoms in total. The van der Waals surface area contributed by atoms with Crippen molar-refractivity contribution in [3.05, 3.63) is 30.5 Å². The van der Waals surface area contributed by atoms with Gasteiger partial charge in [0, 0.05) is 11.8 Å². The zero-order chi connectivity index (χ0) is 20.3. The SMILES string of the molecule is COc1cc(-c2nccc3cc(OC)c(OC)c(OC)c23)cc(OC)c1OC.Cl. The van der Waals surface area contributed by atoms with Crippen LogP contribution in [-0.4, -0.2) is 47.6 Å². The minimum absolute atomic E-state index is 0. The molecule has 3 aromatic rings. The first-order chi connectivity index (χ1) is 13.6. The Labute approximate surface area is 175 Å². The van der Waals surface area contributed by atoms with Gasteiger partial charge in [-0.25, -0.2) is 0 Å². The second-order valence-corrected chi connectivity index (χ2v) is 5.82. The summed E-state index contributed by atoms with van der Waals surface area (Å²) >= 11 is 0. The van der Waals surface area contributed by atoms with Crippen molar-refractivity contribution in [2.24, 2.45) is 0 Å². The number of hydrogen-bond donors (Lipinski definition) is 0. The van der Waals surface area contributed by atoms with Crippen molar-refractivity contribution in [3.63, 3.8) is 0 Å². The van der Waals surface area contributed by atoms with E-state index in [1.807, 2.05) is 24.3 Å². The molecule has 0 unspecified atom stereocenters. The van der Waals surface area contributed by atoms with Crippen LogP contribution in [0, 0.1) is 0 Å². The second kappa shape index (κ2) is 9.43. The fourth-order valence-electron chi connectivity index (χ4n) is 3.24. The molecule has 0 radical (unpaired) electrons. The van der Waals surface area contributed by atoms with Gasteiger partial charge in [-0.1, -0.05) is 0 Å². The van der Waals surface area contributed by atoms with E-state index in [1.165, 1.54) is 0 Å². The molecule has 0 saturated heterocycles. The number of halogens is 1. The highest BCUT2D eigenvalue weighted by molar-refractivity contribution is 6.02. The fraction of sp³-hybridized carbons (Fsp3) is 0.286. The van der Waals surface area contributed by atoms with Crippen molar-refractivity contribution < 1.29 is 28.4 Å². The molecule has 0 aliphatic rings. The fourth-order valence-corrected chi connectivity index (χ4v) is 3.24. The van der Waals surface area contributed by atoms with Gasteiger partial charge in [-0.3, -0.25) is 4.98 Å². The molecule has 156 valence electrons. The van der Waals surface area contributed by atoms with Crippen molar-refractivity contribution in [1.29, 1.82) is 0 Å². The van der Waals surface area contributed by atoms with Gasteiger partial charge in [0.25, 0.3) is 0 Å². The molecule has 0 N–H and O–H groups in total. The number of hydrogen-bond acceptors (Lipinski definition) is 7. The van der Waals surface area contributed by atoms with Crippen LogP contribution in [-0.2, 0) is 0 Å². The number of fused-ring (bicyclic) bond motifs is 1. The minimum atomic E-state index is 0. The molecule has 0 atom stereocenters. The molecular weight excluding hydrogens is 398 g/mol. The van der Waals surface area contributed by atoms with Crippen molar-refractivity contribution in [3.8, 4) is 45.8 Å². The van der Waals surface area contributed by atoms with E-state index in [4.69, 9.17) is 28.4 Å². The standard InChI is InChI=1S/C21H23NO6.ClH/c1-23-14-10-13(11-15(24-2)19(14)26-4)18-17-12(7-8-22-18)9-16(25-3)20(27-5)21(17)28-6;/h7-11H,1-6H3;1H. The lowest BCUT2D eigenvalue weighted by molar-refractivity contribution is 0.324. The van der Waals surface area contributed by atoms with Crippen LogP contribution in [0.2, 0.25) is 0 Å². The number of ether oxygens (including phenoxy) is 6. The van der Waals surface area contributed by atoms with Crippen LogP contribution in [0.1, 0.15) is 0 Å². The molecule has 0 spiro atoms. The van der Waals surface area contributed by atoms with E-state index >= 15 is 0 Å². The van der Waals surface area contributed by atoms with E-state index < -0.39 is 0 Å². The Morgan fingerprint density at radius 2 is 1.14 bits per heavy atom. The second-order valence-electron chi connectivity index (χ2n) is 5.82. The molecule has 3 rings (SSSR count). The summed E-state index contributed by atoms with van der Waals surface area (Å²) in [4.78, 5) is 4.59. The van der Waals surface area contributed by atoms with E-state index in [1.54, 1.807) is 48.9 Å². The first-order valence-corrected chi connectivity index (χ1v) is 8.51. The van der Waals surface area contributed by atoms with Gasteiger partial charge >= 0.3 is 0 Å². The maximum atomic E-state index is 5.68. The summed E-state index contributed by atoms with van der Waals surface area (Å²) in [7, 11) is 9.46. The lowest BCUT2D eigenvalue weighted by Gasteiger charge is -2.18. The maximum Gasteiger partial charge on any atom is 0.204 e. The van der Waals surface area contributed by atoms with Crippen LogP contribution >= 0.6 is 12.4 Å². The molecule has 0 aliphatic heterocycles. The predicted molar refractivity (Wildman–Crippen MR) is 114 cm³/mol. The number of nitrogens with zero attached hydrogens (tertiary/aromatic N) is 1. The smallest absolute Gasteiger partial charge is 0.204 e. The van der Waals surface area contributed by atoms with Crippen LogP contribution < -0.4 is 28.4 Å². The highest BCUT2D eigenvalue weighted by Crippen LogP contribution is 2.48. The van der Waals surface area contributed by atoms with Gasteiger partial charge in [0.05, 0.1) is 53.7 Å². The molecule has 29 heavy (non-hydrogen) atoms. The number of methoxy groups -OCH3 is 6. The van der Waals surface area contributed by atoms with Crippen LogP contribution in [0.25, 0.3) is 22.0 Å². The van der Waals surface area contributed by atoms with Gasteiger partial charge in [-0.15, -0.1) is 12.4 Å². The molecule has 1 aromatic heterocycles. The topological polar surface area (TPSA) is 68.3 Å². The minimum Gasteiger partial charge on any atom is -0.493 e. The van der Waals surface area contributed by atoms with Gasteiger partial charge < -0.3 is 28.4 Å². The quantitative estimate of drug-likeness (QED) is 0.560. The third-order valence-corrected chi connectivity index (χ3v) is 4.49. The average molecular weight is 422 g/mol. The lowest BCUT2D eigenvalue weighted by atomic mass is 10.0. The summed E-state index contributed by atoms with van der Waals surface area (Å²) in [5, 5.41) is 1.69. The van der Waals surface area contributed by atoms with Gasteiger partial charge in [-0.05, 0) is 29.7 Å². The van der Waals surface area contributed by atoms with Gasteiger partial charge in [0.2, 0.25) is 11.5 Å². The molecule has 0 bridgehead atoms. The molecule has 2 aromatic carbocycles. The summed E-state index contributed by atoms with van der Waals surface area (Å²) in [6, 6.07) is 7.47. The molecule has 0 amide bonds. The number of aromatic nitrogens is 1. The molecule has 1 heterocycles. The Bertz CT molecular complexity index is 983. The van der Waals surface area contributed by atoms with Gasteiger partial charge in [0.15, 0.2) is 23.0 Å². The predicted octanol–water partition coefficient (Wildman–Crippen LogP) is 4.38. The number of rotatable bonds is 7. The largest absolute Gasteiger partial charge is 0.493 e. The summed E-state index contributed by atoms with van der Waals surface area (Å²) in [5.74, 6) is 3.20. The van der Waals surface area contributed by atoms with Gasteiger partial charge in [-0.2, -0.15) is 0 Å². The molecule has 8 heteroatoms.